The zero-order chi connectivity index (χ0) is 17.8. The number of para-hydroxylation sites is 2. The number of rotatable bonds is 5. The van der Waals surface area contributed by atoms with Gasteiger partial charge in [0, 0.05) is 5.56 Å². The maximum atomic E-state index is 12.1. The Labute approximate surface area is 145 Å². The Bertz CT molecular complexity index is 802. The van der Waals surface area contributed by atoms with E-state index in [1.807, 2.05) is 25.1 Å². The van der Waals surface area contributed by atoms with Crippen LogP contribution in [0.4, 0.5) is 5.69 Å². The number of carbonyl (C=O) groups is 2. The highest BCUT2D eigenvalue weighted by Gasteiger charge is 2.30. The predicted molar refractivity (Wildman–Crippen MR) is 91.6 cm³/mol. The number of methoxy groups -OCH3 is 1. The first-order chi connectivity index (χ1) is 12.1. The maximum Gasteiger partial charge on any atom is 0.310 e. The highest BCUT2D eigenvalue weighted by atomic mass is 16.5. The molecule has 3 rings (SSSR count). The van der Waals surface area contributed by atoms with Crippen molar-refractivity contribution >= 4 is 17.6 Å². The van der Waals surface area contributed by atoms with Crippen molar-refractivity contribution in [3.05, 3.63) is 53.6 Å². The van der Waals surface area contributed by atoms with Crippen molar-refractivity contribution in [3.63, 3.8) is 0 Å². The average Bonchev–Trinajstić information content (AvgIpc) is 2.60. The van der Waals surface area contributed by atoms with Crippen LogP contribution in [-0.4, -0.2) is 25.1 Å². The minimum atomic E-state index is -0.901. The van der Waals surface area contributed by atoms with Crippen molar-refractivity contribution in [1.29, 1.82) is 0 Å². The first-order valence-corrected chi connectivity index (χ1v) is 7.92. The lowest BCUT2D eigenvalue weighted by Gasteiger charge is -2.25. The van der Waals surface area contributed by atoms with Crippen molar-refractivity contribution < 1.29 is 23.8 Å². The molecule has 0 unspecified atom stereocenters. The number of nitrogens with one attached hydrogen (secondary N) is 1. The normalized spacial score (nSPS) is 15.6. The van der Waals surface area contributed by atoms with Crippen LogP contribution in [0.3, 0.4) is 0 Å². The fraction of sp³-hybridized carbons (Fsp3) is 0.263. The molecule has 0 aliphatic carbocycles. The van der Waals surface area contributed by atoms with Gasteiger partial charge in [0.2, 0.25) is 0 Å². The second kappa shape index (κ2) is 7.25. The van der Waals surface area contributed by atoms with E-state index in [0.717, 1.165) is 11.1 Å². The summed E-state index contributed by atoms with van der Waals surface area (Å²) >= 11 is 0. The van der Waals surface area contributed by atoms with Gasteiger partial charge in [-0.2, -0.15) is 0 Å². The lowest BCUT2D eigenvalue weighted by atomic mass is 10.1. The van der Waals surface area contributed by atoms with Crippen LogP contribution in [0.5, 0.6) is 11.5 Å². The van der Waals surface area contributed by atoms with E-state index in [2.05, 4.69) is 5.32 Å². The quantitative estimate of drug-likeness (QED) is 0.847. The molecule has 6 heteroatoms. The third-order valence-corrected chi connectivity index (χ3v) is 3.88. The van der Waals surface area contributed by atoms with Gasteiger partial charge in [0.05, 0.1) is 19.2 Å². The molecule has 0 aromatic heterocycles. The third kappa shape index (κ3) is 3.91. The van der Waals surface area contributed by atoms with E-state index in [4.69, 9.17) is 14.2 Å². The highest BCUT2D eigenvalue weighted by molar-refractivity contribution is 5.99. The van der Waals surface area contributed by atoms with Crippen LogP contribution in [-0.2, 0) is 20.9 Å². The standard InChI is InChI=1S/C19H19NO5/c1-12-7-8-15(23-2)13(9-12)11-24-18(21)10-17-19(22)20-14-5-3-4-6-16(14)25-17/h3-9,17H,10-11H2,1-2H3,(H,20,22)/t17-/m1/s1. The number of hydrogen-bond acceptors (Lipinski definition) is 5. The van der Waals surface area contributed by atoms with Gasteiger partial charge in [-0.1, -0.05) is 23.8 Å². The molecule has 1 aliphatic rings. The van der Waals surface area contributed by atoms with Gasteiger partial charge < -0.3 is 19.5 Å². The van der Waals surface area contributed by atoms with Crippen LogP contribution >= 0.6 is 0 Å². The molecule has 0 fully saturated rings. The van der Waals surface area contributed by atoms with Gasteiger partial charge in [-0.15, -0.1) is 0 Å². The second-order valence-electron chi connectivity index (χ2n) is 5.77. The molecule has 0 radical (unpaired) electrons. The van der Waals surface area contributed by atoms with Crippen molar-refractivity contribution in [2.75, 3.05) is 12.4 Å². The summed E-state index contributed by atoms with van der Waals surface area (Å²) in [7, 11) is 1.56. The summed E-state index contributed by atoms with van der Waals surface area (Å²) in [4.78, 5) is 24.2. The molecule has 0 bridgehead atoms. The van der Waals surface area contributed by atoms with E-state index in [0.29, 0.717) is 17.2 Å². The van der Waals surface area contributed by atoms with E-state index < -0.39 is 12.1 Å². The van der Waals surface area contributed by atoms with E-state index >= 15 is 0 Å². The van der Waals surface area contributed by atoms with Gasteiger partial charge in [-0.05, 0) is 31.2 Å². The topological polar surface area (TPSA) is 73.9 Å². The molecule has 2 aromatic rings. The zero-order valence-electron chi connectivity index (χ0n) is 14.1. The largest absolute Gasteiger partial charge is 0.496 e. The van der Waals surface area contributed by atoms with Crippen LogP contribution < -0.4 is 14.8 Å². The van der Waals surface area contributed by atoms with Gasteiger partial charge in [-0.3, -0.25) is 9.59 Å². The Morgan fingerprint density at radius 2 is 2.04 bits per heavy atom. The molecule has 1 heterocycles. The minimum Gasteiger partial charge on any atom is -0.496 e. The Hall–Kier alpha value is -3.02. The van der Waals surface area contributed by atoms with Crippen LogP contribution in [0.15, 0.2) is 42.5 Å². The molecule has 0 saturated heterocycles. The molecular weight excluding hydrogens is 322 g/mol. The first-order valence-electron chi connectivity index (χ1n) is 7.92. The predicted octanol–water partition coefficient (Wildman–Crippen LogP) is 2.84. The summed E-state index contributed by atoms with van der Waals surface area (Å²) in [5, 5.41) is 2.72. The number of fused-ring (bicyclic) bond motifs is 1. The van der Waals surface area contributed by atoms with Gasteiger partial charge in [0.15, 0.2) is 6.10 Å². The summed E-state index contributed by atoms with van der Waals surface area (Å²) < 4.78 is 16.1. The number of esters is 1. The van der Waals surface area contributed by atoms with E-state index in [9.17, 15) is 9.59 Å². The number of aryl methyl sites for hydroxylation is 1. The molecular formula is C19H19NO5. The van der Waals surface area contributed by atoms with Crippen LogP contribution in [0.2, 0.25) is 0 Å². The summed E-state index contributed by atoms with van der Waals surface area (Å²) in [5.74, 6) is 0.325. The molecule has 0 spiro atoms. The van der Waals surface area contributed by atoms with Crippen LogP contribution in [0.1, 0.15) is 17.5 Å². The van der Waals surface area contributed by atoms with E-state index in [1.165, 1.54) is 0 Å². The molecule has 1 aliphatic heterocycles. The highest BCUT2D eigenvalue weighted by Crippen LogP contribution is 2.29. The number of hydrogen-bond donors (Lipinski definition) is 1. The van der Waals surface area contributed by atoms with E-state index in [1.54, 1.807) is 31.4 Å². The fourth-order valence-electron chi connectivity index (χ4n) is 2.62. The molecule has 130 valence electrons. The summed E-state index contributed by atoms with van der Waals surface area (Å²) in [5.41, 5.74) is 2.41. The lowest BCUT2D eigenvalue weighted by molar-refractivity contribution is -0.149. The lowest BCUT2D eigenvalue weighted by Crippen LogP contribution is -2.38. The average molecular weight is 341 g/mol. The van der Waals surface area contributed by atoms with Crippen molar-refractivity contribution in [2.45, 2.75) is 26.1 Å². The van der Waals surface area contributed by atoms with E-state index in [-0.39, 0.29) is 18.9 Å². The third-order valence-electron chi connectivity index (χ3n) is 3.88. The second-order valence-corrected chi connectivity index (χ2v) is 5.77. The first kappa shape index (κ1) is 16.8. The Morgan fingerprint density at radius 3 is 2.84 bits per heavy atom. The molecule has 0 saturated carbocycles. The minimum absolute atomic E-state index is 0.0780. The Balaban J connectivity index is 1.60. The van der Waals surface area contributed by atoms with Crippen molar-refractivity contribution in [2.24, 2.45) is 0 Å². The fourth-order valence-corrected chi connectivity index (χ4v) is 2.62. The van der Waals surface area contributed by atoms with Crippen molar-refractivity contribution in [3.8, 4) is 11.5 Å². The summed E-state index contributed by atoms with van der Waals surface area (Å²) in [6.45, 7) is 2.02. The molecule has 2 aromatic carbocycles. The number of amides is 1. The maximum absolute atomic E-state index is 12.1. The molecule has 25 heavy (non-hydrogen) atoms. The summed E-state index contributed by atoms with van der Waals surface area (Å²) in [6, 6.07) is 12.7. The van der Waals surface area contributed by atoms with Gasteiger partial charge >= 0.3 is 5.97 Å². The van der Waals surface area contributed by atoms with Gasteiger partial charge in [-0.25, -0.2) is 0 Å². The van der Waals surface area contributed by atoms with Crippen molar-refractivity contribution in [1.82, 2.24) is 0 Å². The number of carbonyl (C=O) groups excluding carboxylic acids is 2. The van der Waals surface area contributed by atoms with Crippen LogP contribution in [0.25, 0.3) is 0 Å². The summed E-state index contributed by atoms with van der Waals surface area (Å²) in [6.07, 6.45) is -1.06. The Morgan fingerprint density at radius 1 is 1.24 bits per heavy atom. The molecule has 1 amide bonds. The molecule has 1 N–H and O–H groups in total. The number of benzene rings is 2. The smallest absolute Gasteiger partial charge is 0.310 e. The SMILES string of the molecule is COc1ccc(C)cc1COC(=O)C[C@H]1Oc2ccccc2NC1=O. The van der Waals surface area contributed by atoms with Gasteiger partial charge in [0.25, 0.3) is 5.91 Å². The Kier molecular flexibility index (Phi) is 4.88. The monoisotopic (exact) mass is 341 g/mol. The van der Waals surface area contributed by atoms with Crippen LogP contribution in [0, 0.1) is 6.92 Å². The molecule has 6 nitrogen and oxygen atoms in total. The molecule has 1 atom stereocenters. The van der Waals surface area contributed by atoms with Gasteiger partial charge in [0.1, 0.15) is 18.1 Å². The number of anilines is 1. The number of ether oxygens (including phenoxy) is 3. The zero-order valence-corrected chi connectivity index (χ0v) is 14.1.